The van der Waals surface area contributed by atoms with Crippen molar-refractivity contribution in [2.75, 3.05) is 13.2 Å². The van der Waals surface area contributed by atoms with Crippen LogP contribution in [0.2, 0.25) is 0 Å². The van der Waals surface area contributed by atoms with Gasteiger partial charge in [0.15, 0.2) is 6.04 Å². The van der Waals surface area contributed by atoms with Crippen LogP contribution in [0.15, 0.2) is 30.3 Å². The number of halogens is 3. The summed E-state index contributed by atoms with van der Waals surface area (Å²) in [4.78, 5) is 53.3. The van der Waals surface area contributed by atoms with Crippen LogP contribution in [0.5, 0.6) is 0 Å². The third kappa shape index (κ3) is 11.7. The number of hydrazine groups is 1. The van der Waals surface area contributed by atoms with Gasteiger partial charge in [0.2, 0.25) is 9.70 Å². The number of carbonyl (C=O) groups excluding carboxylic acids is 4. The molecule has 0 aromatic heterocycles. The van der Waals surface area contributed by atoms with Crippen LogP contribution in [0.3, 0.4) is 0 Å². The first-order valence-electron chi connectivity index (χ1n) is 13.5. The van der Waals surface area contributed by atoms with Crippen molar-refractivity contribution in [3.05, 3.63) is 35.9 Å². The molecule has 2 rings (SSSR count). The summed E-state index contributed by atoms with van der Waals surface area (Å²) >= 11 is 17.1. The lowest BCUT2D eigenvalue weighted by atomic mass is 9.95. The highest BCUT2D eigenvalue weighted by molar-refractivity contribution is 6.67. The molecule has 40 heavy (non-hydrogen) atoms. The summed E-state index contributed by atoms with van der Waals surface area (Å²) in [5.74, 6) is -2.84. The summed E-state index contributed by atoms with van der Waals surface area (Å²) < 4.78 is 14.4. The zero-order valence-electron chi connectivity index (χ0n) is 23.5. The molecule has 0 spiro atoms. The van der Waals surface area contributed by atoms with E-state index in [1.165, 1.54) is 0 Å². The van der Waals surface area contributed by atoms with Gasteiger partial charge in [-0.15, -0.1) is 0 Å². The first-order chi connectivity index (χ1) is 18.7. The second kappa shape index (κ2) is 15.7. The number of hydrogen-bond acceptors (Lipinski definition) is 7. The minimum atomic E-state index is -1.80. The van der Waals surface area contributed by atoms with Crippen LogP contribution < -0.4 is 0 Å². The monoisotopic (exact) mass is 620 g/mol. The molecule has 2 amide bonds. The Morgan fingerprint density at radius 3 is 2.30 bits per heavy atom. The molecule has 12 heteroatoms. The molecule has 0 radical (unpaired) electrons. The van der Waals surface area contributed by atoms with Crippen molar-refractivity contribution in [2.24, 2.45) is 5.92 Å². The van der Waals surface area contributed by atoms with Gasteiger partial charge in [-0.25, -0.2) is 19.6 Å². The molecule has 0 bridgehead atoms. The van der Waals surface area contributed by atoms with Crippen LogP contribution >= 0.6 is 34.8 Å². The maximum atomic E-state index is 14.1. The van der Waals surface area contributed by atoms with Crippen molar-refractivity contribution in [3.63, 3.8) is 0 Å². The van der Waals surface area contributed by atoms with Crippen molar-refractivity contribution in [1.82, 2.24) is 10.0 Å². The van der Waals surface area contributed by atoms with E-state index in [1.807, 2.05) is 37.3 Å². The van der Waals surface area contributed by atoms with Gasteiger partial charge >= 0.3 is 18.0 Å². The molecular formula is C28H39Cl3N2O7. The fourth-order valence-corrected chi connectivity index (χ4v) is 4.39. The Kier molecular flexibility index (Phi) is 13.3. The third-order valence-electron chi connectivity index (χ3n) is 6.04. The molecule has 1 heterocycles. The van der Waals surface area contributed by atoms with Gasteiger partial charge in [-0.05, 0) is 45.6 Å². The number of unbranched alkanes of at least 4 members (excludes halogenated alkanes) is 2. The number of nitrogens with zero attached hydrogens (tertiary/aromatic N) is 2. The molecule has 1 aliphatic heterocycles. The second-order valence-electron chi connectivity index (χ2n) is 10.7. The second-order valence-corrected chi connectivity index (χ2v) is 13.2. The van der Waals surface area contributed by atoms with E-state index in [0.717, 1.165) is 28.4 Å². The Hall–Kier alpha value is -2.23. The molecular weight excluding hydrogens is 583 g/mol. The summed E-state index contributed by atoms with van der Waals surface area (Å²) in [6.45, 7) is 6.84. The van der Waals surface area contributed by atoms with E-state index in [9.17, 15) is 19.2 Å². The minimum Gasteiger partial charge on any atom is -0.461 e. The minimum absolute atomic E-state index is 0.0153. The Labute approximate surface area is 251 Å². The standard InChI is InChI=1S/C28H39Cl3N2O7/c1-5-6-8-14-21(17-23(34)39-19-28(29,30)31)24(35)33-22(25(36)40-27(2,3)4)15-11-16-32(33)26(37)38-18-20-12-9-7-10-13-20/h7,9-10,12-13,21-22H,5-6,8,11,14-19H2,1-4H3/t21-,22+/m1/s1. The van der Waals surface area contributed by atoms with Crippen LogP contribution in [0, 0.1) is 5.92 Å². The molecule has 0 saturated carbocycles. The average Bonchev–Trinajstić information content (AvgIpc) is 2.88. The predicted octanol–water partition coefficient (Wildman–Crippen LogP) is 6.37. The molecule has 0 unspecified atom stereocenters. The van der Waals surface area contributed by atoms with Crippen LogP contribution in [0.4, 0.5) is 4.79 Å². The lowest BCUT2D eigenvalue weighted by molar-refractivity contribution is -0.183. The maximum Gasteiger partial charge on any atom is 0.429 e. The van der Waals surface area contributed by atoms with Gasteiger partial charge < -0.3 is 14.2 Å². The van der Waals surface area contributed by atoms with Gasteiger partial charge in [-0.1, -0.05) is 91.3 Å². The van der Waals surface area contributed by atoms with Crippen LogP contribution in [0.25, 0.3) is 0 Å². The topological polar surface area (TPSA) is 102 Å². The Morgan fingerprint density at radius 2 is 1.70 bits per heavy atom. The van der Waals surface area contributed by atoms with E-state index in [4.69, 9.17) is 49.0 Å². The van der Waals surface area contributed by atoms with Gasteiger partial charge in [0.25, 0.3) is 0 Å². The van der Waals surface area contributed by atoms with Crippen molar-refractivity contribution in [3.8, 4) is 0 Å². The van der Waals surface area contributed by atoms with Crippen molar-refractivity contribution < 1.29 is 33.4 Å². The van der Waals surface area contributed by atoms with E-state index >= 15 is 0 Å². The van der Waals surface area contributed by atoms with Crippen molar-refractivity contribution in [1.29, 1.82) is 0 Å². The number of esters is 2. The normalized spacial score (nSPS) is 16.7. The number of amides is 2. The van der Waals surface area contributed by atoms with Gasteiger partial charge in [-0.2, -0.15) is 0 Å². The van der Waals surface area contributed by atoms with E-state index in [2.05, 4.69) is 0 Å². The van der Waals surface area contributed by atoms with Crippen LogP contribution in [-0.4, -0.2) is 62.5 Å². The lowest BCUT2D eigenvalue weighted by Crippen LogP contribution is -2.62. The molecule has 224 valence electrons. The molecule has 1 aliphatic rings. The molecule has 0 aliphatic carbocycles. The summed E-state index contributed by atoms with van der Waals surface area (Å²) in [7, 11) is 0. The quantitative estimate of drug-likeness (QED) is 0.122. The Bertz CT molecular complexity index is 996. The number of hydrogen-bond donors (Lipinski definition) is 0. The van der Waals surface area contributed by atoms with Crippen molar-refractivity contribution in [2.45, 2.75) is 94.7 Å². The molecule has 1 saturated heterocycles. The van der Waals surface area contributed by atoms with E-state index in [1.54, 1.807) is 20.8 Å². The molecule has 2 atom stereocenters. The number of benzene rings is 1. The van der Waals surface area contributed by atoms with E-state index in [0.29, 0.717) is 19.3 Å². The van der Waals surface area contributed by atoms with Gasteiger partial charge in [-0.3, -0.25) is 9.59 Å². The number of rotatable bonds is 11. The molecule has 1 aromatic rings. The average molecular weight is 622 g/mol. The van der Waals surface area contributed by atoms with Crippen LogP contribution in [0.1, 0.15) is 78.2 Å². The zero-order chi connectivity index (χ0) is 29.9. The first kappa shape index (κ1) is 34.0. The highest BCUT2D eigenvalue weighted by atomic mass is 35.6. The largest absolute Gasteiger partial charge is 0.461 e. The number of ether oxygens (including phenoxy) is 3. The molecule has 1 aromatic carbocycles. The molecule has 0 N–H and O–H groups in total. The fraction of sp³-hybridized carbons (Fsp3) is 0.643. The van der Waals surface area contributed by atoms with Gasteiger partial charge in [0.05, 0.1) is 12.3 Å². The first-order valence-corrected chi connectivity index (χ1v) is 14.6. The summed E-state index contributed by atoms with van der Waals surface area (Å²) in [6, 6.07) is 8.03. The van der Waals surface area contributed by atoms with Gasteiger partial charge in [0, 0.05) is 6.54 Å². The lowest BCUT2D eigenvalue weighted by Gasteiger charge is -2.43. The molecule has 9 nitrogen and oxygen atoms in total. The van der Waals surface area contributed by atoms with E-state index < -0.39 is 51.9 Å². The van der Waals surface area contributed by atoms with Crippen molar-refractivity contribution >= 4 is 58.7 Å². The fourth-order valence-electron chi connectivity index (χ4n) is 4.23. The molecule has 1 fully saturated rings. The van der Waals surface area contributed by atoms with E-state index in [-0.39, 0.29) is 26.0 Å². The highest BCUT2D eigenvalue weighted by Gasteiger charge is 2.44. The number of carbonyl (C=O) groups is 4. The highest BCUT2D eigenvalue weighted by Crippen LogP contribution is 2.29. The maximum absolute atomic E-state index is 14.1. The summed E-state index contributed by atoms with van der Waals surface area (Å²) in [5.41, 5.74) is -0.0489. The Balaban J connectivity index is 2.34. The predicted molar refractivity (Wildman–Crippen MR) is 153 cm³/mol. The van der Waals surface area contributed by atoms with Crippen LogP contribution in [-0.2, 0) is 35.2 Å². The Morgan fingerprint density at radius 1 is 1.02 bits per heavy atom. The SMILES string of the molecule is CCCCC[C@H](CC(=O)OCC(Cl)(Cl)Cl)C(=O)N1[C@H](C(=O)OC(C)(C)C)CCCN1C(=O)OCc1ccccc1. The summed E-state index contributed by atoms with van der Waals surface area (Å²) in [5, 5.41) is 2.26. The third-order valence-corrected chi connectivity index (χ3v) is 6.37. The summed E-state index contributed by atoms with van der Waals surface area (Å²) in [6.07, 6.45) is 2.33. The zero-order valence-corrected chi connectivity index (χ0v) is 25.8. The smallest absolute Gasteiger partial charge is 0.429 e. The van der Waals surface area contributed by atoms with Gasteiger partial charge in [0.1, 0.15) is 18.8 Å². The number of alkyl halides is 3.